The van der Waals surface area contributed by atoms with Gasteiger partial charge in [-0.05, 0) is 0 Å². The second-order valence-electron chi connectivity index (χ2n) is 2.39. The Kier molecular flexibility index (Phi) is 1.65. The Bertz CT molecular complexity index is 280. The average Bonchev–Trinajstić information content (AvgIpc) is 2.63. The molecule has 0 unspecified atom stereocenters. The van der Waals surface area contributed by atoms with Crippen molar-refractivity contribution in [2.45, 2.75) is 0 Å². The Morgan fingerprint density at radius 2 is 2.67 bits per heavy atom. The molecular weight excluding hydrogens is 158 g/mol. The lowest BCUT2D eigenvalue weighted by atomic mass is 10.4. The molecule has 6 heteroatoms. The summed E-state index contributed by atoms with van der Waals surface area (Å²) in [5.41, 5.74) is 0. The first-order valence-electron chi connectivity index (χ1n) is 3.48. The number of aromatic amines is 1. The Morgan fingerprint density at radius 3 is 3.25 bits per heavy atom. The molecule has 2 heterocycles. The first-order chi connectivity index (χ1) is 5.84. The molecule has 0 aromatic carbocycles. The number of hydrazone groups is 1. The molecule has 0 amide bonds. The molecule has 2 rings (SSSR count). The monoisotopic (exact) mass is 166 g/mol. The van der Waals surface area contributed by atoms with Crippen molar-refractivity contribution < 1.29 is 4.74 Å². The number of hydrogen-bond donors (Lipinski definition) is 1. The largest absolute Gasteiger partial charge is 0.456 e. The summed E-state index contributed by atoms with van der Waals surface area (Å²) in [5, 5.41) is 13.1. The van der Waals surface area contributed by atoms with E-state index in [2.05, 4.69) is 20.3 Å². The molecule has 0 spiro atoms. The van der Waals surface area contributed by atoms with Crippen LogP contribution < -0.4 is 0 Å². The van der Waals surface area contributed by atoms with Gasteiger partial charge in [0, 0.05) is 7.05 Å². The van der Waals surface area contributed by atoms with E-state index in [-0.39, 0.29) is 0 Å². The van der Waals surface area contributed by atoms with E-state index < -0.39 is 0 Å². The fraction of sp³-hybridized carbons (Fsp3) is 0.333. The van der Waals surface area contributed by atoms with Crippen molar-refractivity contribution in [2.75, 3.05) is 13.8 Å². The first-order valence-corrected chi connectivity index (χ1v) is 3.48. The summed E-state index contributed by atoms with van der Waals surface area (Å²) in [7, 11) is 1.83. The van der Waals surface area contributed by atoms with Crippen LogP contribution in [0.4, 0.5) is 0 Å². The summed E-state index contributed by atoms with van der Waals surface area (Å²) in [5.74, 6) is 1.19. The van der Waals surface area contributed by atoms with E-state index in [0.717, 1.165) is 0 Å². The maximum atomic E-state index is 5.17. The third-order valence-electron chi connectivity index (χ3n) is 1.36. The van der Waals surface area contributed by atoms with Crippen LogP contribution in [0.3, 0.4) is 0 Å². The fourth-order valence-corrected chi connectivity index (χ4v) is 0.859. The van der Waals surface area contributed by atoms with Crippen LogP contribution in [0.15, 0.2) is 11.4 Å². The van der Waals surface area contributed by atoms with E-state index in [4.69, 9.17) is 4.74 Å². The summed E-state index contributed by atoms with van der Waals surface area (Å²) in [4.78, 5) is 2.82. The van der Waals surface area contributed by atoms with Gasteiger partial charge in [0.2, 0.25) is 5.90 Å². The maximum Gasteiger partial charge on any atom is 0.220 e. The topological polar surface area (TPSA) is 66.4 Å². The standard InChI is InChI=1S/C6H8N5O/c1-11-4-12-6(10-11)2-5-7-3-8-9-5/h2-3H,4H2,1H3,(H,7,8,9). The van der Waals surface area contributed by atoms with Crippen LogP contribution in [-0.4, -0.2) is 39.9 Å². The molecule has 0 fully saturated rings. The van der Waals surface area contributed by atoms with Gasteiger partial charge >= 0.3 is 0 Å². The molecule has 6 nitrogen and oxygen atoms in total. The Balaban J connectivity index is 2.00. The number of hydrogen-bond acceptors (Lipinski definition) is 5. The van der Waals surface area contributed by atoms with Crippen molar-refractivity contribution in [2.24, 2.45) is 5.10 Å². The van der Waals surface area contributed by atoms with E-state index in [1.807, 2.05) is 7.05 Å². The smallest absolute Gasteiger partial charge is 0.220 e. The second-order valence-corrected chi connectivity index (χ2v) is 2.39. The molecule has 1 aromatic heterocycles. The molecule has 1 radical (unpaired) electrons. The number of H-pyrrole nitrogens is 1. The van der Waals surface area contributed by atoms with E-state index in [0.29, 0.717) is 18.5 Å². The van der Waals surface area contributed by atoms with Gasteiger partial charge in [-0.15, -0.1) is 15.3 Å². The normalized spacial score (nSPS) is 16.1. The van der Waals surface area contributed by atoms with Gasteiger partial charge in [0.1, 0.15) is 18.6 Å². The Morgan fingerprint density at radius 1 is 1.75 bits per heavy atom. The average molecular weight is 166 g/mol. The predicted molar refractivity (Wildman–Crippen MR) is 40.9 cm³/mol. The van der Waals surface area contributed by atoms with Crippen molar-refractivity contribution in [3.8, 4) is 0 Å². The number of nitrogens with zero attached hydrogens (tertiary/aromatic N) is 4. The highest BCUT2D eigenvalue weighted by molar-refractivity contribution is 5.87. The van der Waals surface area contributed by atoms with Crippen molar-refractivity contribution in [3.63, 3.8) is 0 Å². The van der Waals surface area contributed by atoms with Crippen LogP contribution in [0.1, 0.15) is 5.82 Å². The summed E-state index contributed by atoms with van der Waals surface area (Å²) < 4.78 is 5.17. The van der Waals surface area contributed by atoms with Gasteiger partial charge in [-0.1, -0.05) is 0 Å². The van der Waals surface area contributed by atoms with Gasteiger partial charge in [0.25, 0.3) is 0 Å². The quantitative estimate of drug-likeness (QED) is 0.648. The maximum absolute atomic E-state index is 5.17. The Labute approximate surface area is 69.2 Å². The molecule has 0 saturated carbocycles. The van der Waals surface area contributed by atoms with Crippen LogP contribution in [0.2, 0.25) is 0 Å². The highest BCUT2D eigenvalue weighted by atomic mass is 16.5. The third kappa shape index (κ3) is 1.36. The van der Waals surface area contributed by atoms with E-state index in [1.165, 1.54) is 6.33 Å². The fourth-order valence-electron chi connectivity index (χ4n) is 0.859. The van der Waals surface area contributed by atoms with E-state index in [1.54, 1.807) is 11.4 Å². The number of ether oxygens (including phenoxy) is 1. The van der Waals surface area contributed by atoms with Gasteiger partial charge in [-0.2, -0.15) is 0 Å². The highest BCUT2D eigenvalue weighted by Gasteiger charge is 2.13. The van der Waals surface area contributed by atoms with Crippen LogP contribution >= 0.6 is 0 Å². The van der Waals surface area contributed by atoms with Gasteiger partial charge < -0.3 is 9.72 Å². The molecule has 1 aliphatic heterocycles. The zero-order valence-electron chi connectivity index (χ0n) is 6.56. The molecular formula is C6H8N5O. The van der Waals surface area contributed by atoms with E-state index in [9.17, 15) is 0 Å². The molecule has 0 bridgehead atoms. The lowest BCUT2D eigenvalue weighted by Crippen LogP contribution is -2.06. The van der Waals surface area contributed by atoms with Gasteiger partial charge in [0.05, 0.1) is 0 Å². The van der Waals surface area contributed by atoms with E-state index >= 15 is 0 Å². The lowest BCUT2D eigenvalue weighted by molar-refractivity contribution is 0.198. The predicted octanol–water partition coefficient (Wildman–Crippen LogP) is -0.410. The minimum atomic E-state index is 0.486. The van der Waals surface area contributed by atoms with Gasteiger partial charge in [0.15, 0.2) is 6.73 Å². The molecule has 1 aromatic rings. The SMILES string of the molecule is CN1COC([CH]c2nnc[nH]2)=N1. The molecule has 0 aliphatic carbocycles. The highest BCUT2D eigenvalue weighted by Crippen LogP contribution is 2.04. The molecule has 63 valence electrons. The second kappa shape index (κ2) is 2.80. The number of nitrogens with one attached hydrogen (secondary N) is 1. The van der Waals surface area contributed by atoms with Crippen molar-refractivity contribution in [1.29, 1.82) is 0 Å². The molecule has 0 atom stereocenters. The molecule has 1 aliphatic rings. The minimum absolute atomic E-state index is 0.486. The van der Waals surface area contributed by atoms with Crippen molar-refractivity contribution in [1.82, 2.24) is 20.2 Å². The van der Waals surface area contributed by atoms with Gasteiger partial charge in [-0.25, -0.2) is 0 Å². The summed E-state index contributed by atoms with van der Waals surface area (Å²) in [6.45, 7) is 0.486. The summed E-state index contributed by atoms with van der Waals surface area (Å²) in [6, 6.07) is 0. The summed E-state index contributed by atoms with van der Waals surface area (Å²) >= 11 is 0. The first kappa shape index (κ1) is 7.08. The zero-order chi connectivity index (χ0) is 8.39. The Hall–Kier alpha value is -1.59. The zero-order valence-corrected chi connectivity index (χ0v) is 6.56. The van der Waals surface area contributed by atoms with Crippen LogP contribution in [-0.2, 0) is 4.74 Å². The van der Waals surface area contributed by atoms with Crippen LogP contribution in [0, 0.1) is 6.42 Å². The van der Waals surface area contributed by atoms with Gasteiger partial charge in [-0.3, -0.25) is 5.01 Å². The van der Waals surface area contributed by atoms with Crippen LogP contribution in [0.5, 0.6) is 0 Å². The van der Waals surface area contributed by atoms with Crippen molar-refractivity contribution in [3.05, 3.63) is 18.6 Å². The molecule has 12 heavy (non-hydrogen) atoms. The molecule has 0 saturated heterocycles. The molecule has 1 N–H and O–H groups in total. The van der Waals surface area contributed by atoms with Crippen LogP contribution in [0.25, 0.3) is 0 Å². The lowest BCUT2D eigenvalue weighted by Gasteiger charge is -1.98. The van der Waals surface area contributed by atoms with Crippen molar-refractivity contribution >= 4 is 5.90 Å². The number of aromatic nitrogens is 3. The number of rotatable bonds is 2. The summed E-state index contributed by atoms with van der Waals surface area (Å²) in [6.07, 6.45) is 3.20. The third-order valence-corrected chi connectivity index (χ3v) is 1.36. The minimum Gasteiger partial charge on any atom is -0.456 e.